The standard InChI is InChI=1S/C23H25FN2O3S/c1-2-3-4-12-25(14-17-8-10-20(24)11-9-17)22(28)19-7-5-6-18(13-19)15-26-21(27)16-30-23(26)29/h5-11,13H,2-4,12,14-16H2,1H3. The second-order valence-corrected chi connectivity index (χ2v) is 8.22. The van der Waals surface area contributed by atoms with Crippen LogP contribution in [-0.4, -0.2) is 39.2 Å². The summed E-state index contributed by atoms with van der Waals surface area (Å²) < 4.78 is 13.2. The number of halogens is 1. The Morgan fingerprint density at radius 1 is 1.10 bits per heavy atom. The zero-order valence-electron chi connectivity index (χ0n) is 17.0. The van der Waals surface area contributed by atoms with Crippen molar-refractivity contribution >= 4 is 28.8 Å². The normalized spacial score (nSPS) is 13.7. The molecular weight excluding hydrogens is 403 g/mol. The van der Waals surface area contributed by atoms with Crippen molar-refractivity contribution in [1.82, 2.24) is 9.80 Å². The Labute approximate surface area is 180 Å². The van der Waals surface area contributed by atoms with E-state index in [-0.39, 0.29) is 35.2 Å². The van der Waals surface area contributed by atoms with Crippen LogP contribution in [0.4, 0.5) is 9.18 Å². The minimum absolute atomic E-state index is 0.120. The molecule has 0 saturated carbocycles. The summed E-state index contributed by atoms with van der Waals surface area (Å²) in [7, 11) is 0. The van der Waals surface area contributed by atoms with E-state index in [9.17, 15) is 18.8 Å². The lowest BCUT2D eigenvalue weighted by molar-refractivity contribution is -0.125. The molecule has 2 aromatic carbocycles. The third-order valence-corrected chi connectivity index (χ3v) is 5.82. The molecule has 1 aliphatic rings. The number of thioether (sulfide) groups is 1. The van der Waals surface area contributed by atoms with Crippen LogP contribution in [0, 0.1) is 5.82 Å². The van der Waals surface area contributed by atoms with Gasteiger partial charge in [0.05, 0.1) is 12.3 Å². The lowest BCUT2D eigenvalue weighted by atomic mass is 10.1. The molecule has 158 valence electrons. The summed E-state index contributed by atoms with van der Waals surface area (Å²) in [6, 6.07) is 13.2. The van der Waals surface area contributed by atoms with Crippen LogP contribution in [0.2, 0.25) is 0 Å². The molecule has 0 atom stereocenters. The van der Waals surface area contributed by atoms with E-state index in [0.29, 0.717) is 18.7 Å². The monoisotopic (exact) mass is 428 g/mol. The Hall–Kier alpha value is -2.67. The Morgan fingerprint density at radius 3 is 2.53 bits per heavy atom. The zero-order chi connectivity index (χ0) is 21.5. The summed E-state index contributed by atoms with van der Waals surface area (Å²) in [5, 5.41) is -0.255. The number of nitrogens with zero attached hydrogens (tertiary/aromatic N) is 2. The molecule has 5 nitrogen and oxygen atoms in total. The lowest BCUT2D eigenvalue weighted by Crippen LogP contribution is -2.32. The van der Waals surface area contributed by atoms with Gasteiger partial charge >= 0.3 is 0 Å². The first kappa shape index (κ1) is 22.0. The average Bonchev–Trinajstić information content (AvgIpc) is 3.06. The van der Waals surface area contributed by atoms with Gasteiger partial charge in [-0.3, -0.25) is 19.3 Å². The fourth-order valence-electron chi connectivity index (χ4n) is 3.32. The van der Waals surface area contributed by atoms with Crippen molar-refractivity contribution in [3.8, 4) is 0 Å². The number of carbonyl (C=O) groups excluding carboxylic acids is 3. The van der Waals surface area contributed by atoms with Gasteiger partial charge in [-0.1, -0.05) is 55.8 Å². The first-order chi connectivity index (χ1) is 14.5. The predicted octanol–water partition coefficient (Wildman–Crippen LogP) is 4.85. The van der Waals surface area contributed by atoms with Gasteiger partial charge in [0.2, 0.25) is 5.91 Å². The molecule has 1 aliphatic heterocycles. The van der Waals surface area contributed by atoms with Gasteiger partial charge in [-0.05, 0) is 41.8 Å². The minimum Gasteiger partial charge on any atom is -0.334 e. The van der Waals surface area contributed by atoms with E-state index in [2.05, 4.69) is 6.92 Å². The molecule has 0 radical (unpaired) electrons. The van der Waals surface area contributed by atoms with E-state index < -0.39 is 0 Å². The van der Waals surface area contributed by atoms with Crippen molar-refractivity contribution in [1.29, 1.82) is 0 Å². The maximum absolute atomic E-state index is 13.2. The predicted molar refractivity (Wildman–Crippen MR) is 116 cm³/mol. The van der Waals surface area contributed by atoms with Gasteiger partial charge in [0.25, 0.3) is 11.1 Å². The molecule has 0 aromatic heterocycles. The van der Waals surface area contributed by atoms with Crippen molar-refractivity contribution in [2.24, 2.45) is 0 Å². The van der Waals surface area contributed by atoms with Crippen molar-refractivity contribution < 1.29 is 18.8 Å². The van der Waals surface area contributed by atoms with E-state index in [1.54, 1.807) is 35.2 Å². The van der Waals surface area contributed by atoms with Crippen LogP contribution >= 0.6 is 11.8 Å². The summed E-state index contributed by atoms with van der Waals surface area (Å²) in [5.41, 5.74) is 2.11. The fourth-order valence-corrected chi connectivity index (χ4v) is 4.04. The maximum Gasteiger partial charge on any atom is 0.289 e. The SMILES string of the molecule is CCCCCN(Cc1ccc(F)cc1)C(=O)c1cccc(CN2C(=O)CSC2=O)c1. The van der Waals surface area contributed by atoms with E-state index in [0.717, 1.165) is 42.2 Å². The number of carbonyl (C=O) groups is 3. The van der Waals surface area contributed by atoms with Crippen LogP contribution in [0.15, 0.2) is 48.5 Å². The summed E-state index contributed by atoms with van der Waals surface area (Å²) in [4.78, 5) is 39.9. The molecule has 0 aliphatic carbocycles. The third-order valence-electron chi connectivity index (χ3n) is 4.96. The van der Waals surface area contributed by atoms with Gasteiger partial charge in [-0.2, -0.15) is 0 Å². The topological polar surface area (TPSA) is 57.7 Å². The van der Waals surface area contributed by atoms with Crippen LogP contribution < -0.4 is 0 Å². The number of unbranched alkanes of at least 4 members (excludes halogenated alkanes) is 2. The molecule has 2 aromatic rings. The third kappa shape index (κ3) is 5.69. The number of benzene rings is 2. The van der Waals surface area contributed by atoms with E-state index in [1.165, 1.54) is 17.0 Å². The van der Waals surface area contributed by atoms with Crippen LogP contribution in [0.3, 0.4) is 0 Å². The molecule has 0 unspecified atom stereocenters. The highest BCUT2D eigenvalue weighted by Crippen LogP contribution is 2.22. The smallest absolute Gasteiger partial charge is 0.289 e. The maximum atomic E-state index is 13.2. The summed E-state index contributed by atoms with van der Waals surface area (Å²) >= 11 is 0.997. The molecular formula is C23H25FN2O3S. The number of hydrogen-bond acceptors (Lipinski definition) is 4. The van der Waals surface area contributed by atoms with Crippen molar-refractivity contribution in [2.45, 2.75) is 39.3 Å². The Balaban J connectivity index is 1.76. The summed E-state index contributed by atoms with van der Waals surface area (Å²) in [5.74, 6) is -0.468. The van der Waals surface area contributed by atoms with E-state index in [4.69, 9.17) is 0 Å². The van der Waals surface area contributed by atoms with Crippen LogP contribution in [0.5, 0.6) is 0 Å². The summed E-state index contributed by atoms with van der Waals surface area (Å²) in [6.07, 6.45) is 2.95. The lowest BCUT2D eigenvalue weighted by Gasteiger charge is -2.23. The zero-order valence-corrected chi connectivity index (χ0v) is 17.8. The first-order valence-electron chi connectivity index (χ1n) is 10.1. The van der Waals surface area contributed by atoms with E-state index in [1.807, 2.05) is 6.07 Å². The second kappa shape index (κ2) is 10.4. The molecule has 3 amide bonds. The van der Waals surface area contributed by atoms with Crippen molar-refractivity contribution in [3.05, 3.63) is 71.0 Å². The Morgan fingerprint density at radius 2 is 1.87 bits per heavy atom. The summed E-state index contributed by atoms with van der Waals surface area (Å²) in [6.45, 7) is 3.27. The van der Waals surface area contributed by atoms with Crippen LogP contribution in [-0.2, 0) is 17.9 Å². The van der Waals surface area contributed by atoms with Gasteiger partial charge in [0.15, 0.2) is 0 Å². The highest BCUT2D eigenvalue weighted by Gasteiger charge is 2.30. The first-order valence-corrected chi connectivity index (χ1v) is 11.1. The second-order valence-electron chi connectivity index (χ2n) is 7.30. The van der Waals surface area contributed by atoms with Crippen molar-refractivity contribution in [3.63, 3.8) is 0 Å². The van der Waals surface area contributed by atoms with E-state index >= 15 is 0 Å². The quantitative estimate of drug-likeness (QED) is 0.536. The molecule has 0 spiro atoms. The highest BCUT2D eigenvalue weighted by atomic mass is 32.2. The fraction of sp³-hybridized carbons (Fsp3) is 0.348. The number of amides is 3. The molecule has 1 saturated heterocycles. The molecule has 1 heterocycles. The molecule has 0 N–H and O–H groups in total. The number of rotatable bonds is 9. The van der Waals surface area contributed by atoms with Gasteiger partial charge in [-0.25, -0.2) is 4.39 Å². The van der Waals surface area contributed by atoms with Crippen molar-refractivity contribution in [2.75, 3.05) is 12.3 Å². The molecule has 1 fully saturated rings. The van der Waals surface area contributed by atoms with Crippen LogP contribution in [0.25, 0.3) is 0 Å². The minimum atomic E-state index is -0.306. The Bertz CT molecular complexity index is 901. The van der Waals surface area contributed by atoms with Gasteiger partial charge in [0.1, 0.15) is 5.82 Å². The Kier molecular flexibility index (Phi) is 7.63. The molecule has 0 bridgehead atoms. The number of imide groups is 1. The average molecular weight is 429 g/mol. The molecule has 7 heteroatoms. The van der Waals surface area contributed by atoms with Crippen LogP contribution in [0.1, 0.15) is 47.7 Å². The molecule has 30 heavy (non-hydrogen) atoms. The van der Waals surface area contributed by atoms with Gasteiger partial charge in [-0.15, -0.1) is 0 Å². The molecule has 3 rings (SSSR count). The highest BCUT2D eigenvalue weighted by molar-refractivity contribution is 8.14. The van der Waals surface area contributed by atoms with Gasteiger partial charge < -0.3 is 4.90 Å². The van der Waals surface area contributed by atoms with Gasteiger partial charge in [0, 0.05) is 18.7 Å². The number of hydrogen-bond donors (Lipinski definition) is 0. The largest absolute Gasteiger partial charge is 0.334 e.